The van der Waals surface area contributed by atoms with Crippen molar-refractivity contribution in [2.75, 3.05) is 12.8 Å². The highest BCUT2D eigenvalue weighted by Crippen LogP contribution is 2.44. The second-order valence-corrected chi connectivity index (χ2v) is 8.10. The molecule has 2 aliphatic rings. The first-order chi connectivity index (χ1) is 10.8. The van der Waals surface area contributed by atoms with Crippen LogP contribution in [0.3, 0.4) is 0 Å². The average molecular weight is 342 g/mol. The number of likely N-dealkylation sites (N-methyl/N-ethyl adjacent to an activating group) is 1. The molecule has 0 spiro atoms. The van der Waals surface area contributed by atoms with Gasteiger partial charge in [-0.25, -0.2) is 0 Å². The van der Waals surface area contributed by atoms with E-state index in [0.717, 1.165) is 12.2 Å². The number of nitrogens with zero attached hydrogens (tertiary/aromatic N) is 1. The molecule has 3 amide bonds. The molecule has 0 aromatic carbocycles. The number of nitrogens with one attached hydrogen (secondary N) is 3. The zero-order valence-corrected chi connectivity index (χ0v) is 14.9. The molecule has 2 saturated heterocycles. The summed E-state index contributed by atoms with van der Waals surface area (Å²) in [6, 6.07) is -0.894. The number of rotatable bonds is 5. The summed E-state index contributed by atoms with van der Waals surface area (Å²) in [5, 5.41) is 8.54. The van der Waals surface area contributed by atoms with Crippen molar-refractivity contribution in [3.05, 3.63) is 0 Å². The van der Waals surface area contributed by atoms with Crippen molar-refractivity contribution in [3.63, 3.8) is 0 Å². The smallest absolute Gasteiger partial charge is 0.247 e. The van der Waals surface area contributed by atoms with E-state index in [9.17, 15) is 14.4 Å². The molecule has 0 bridgehead atoms. The van der Waals surface area contributed by atoms with Crippen LogP contribution in [0, 0.1) is 5.41 Å². The van der Waals surface area contributed by atoms with Crippen molar-refractivity contribution in [1.29, 1.82) is 0 Å². The molecule has 0 radical (unpaired) electrons. The summed E-state index contributed by atoms with van der Waals surface area (Å²) in [4.78, 5) is 37.8. The summed E-state index contributed by atoms with van der Waals surface area (Å²) >= 11 is 1.72. The Kier molecular flexibility index (Phi) is 5.57. The SMILES string of the molecule is CN[C@@H](C)C(=O)NC1CCSC2CC(C)(C)C(NC=O)N2C1=O. The molecule has 23 heavy (non-hydrogen) atoms. The molecule has 4 atom stereocenters. The minimum absolute atomic E-state index is 0.0403. The Labute approximate surface area is 141 Å². The number of hydrogen-bond donors (Lipinski definition) is 3. The fraction of sp³-hybridized carbons (Fsp3) is 0.800. The van der Waals surface area contributed by atoms with Crippen molar-refractivity contribution in [3.8, 4) is 0 Å². The van der Waals surface area contributed by atoms with E-state index in [4.69, 9.17) is 0 Å². The van der Waals surface area contributed by atoms with Gasteiger partial charge in [-0.15, -0.1) is 11.8 Å². The zero-order valence-electron chi connectivity index (χ0n) is 14.1. The molecule has 2 rings (SSSR count). The van der Waals surface area contributed by atoms with Crippen LogP contribution in [-0.4, -0.2) is 59.5 Å². The van der Waals surface area contributed by atoms with Crippen LogP contribution < -0.4 is 16.0 Å². The zero-order chi connectivity index (χ0) is 17.2. The quantitative estimate of drug-likeness (QED) is 0.606. The average Bonchev–Trinajstić information content (AvgIpc) is 2.66. The van der Waals surface area contributed by atoms with E-state index < -0.39 is 6.04 Å². The number of amides is 3. The van der Waals surface area contributed by atoms with Crippen LogP contribution in [-0.2, 0) is 14.4 Å². The van der Waals surface area contributed by atoms with Gasteiger partial charge in [0.1, 0.15) is 12.2 Å². The van der Waals surface area contributed by atoms with Crippen molar-refractivity contribution in [1.82, 2.24) is 20.9 Å². The van der Waals surface area contributed by atoms with Crippen molar-refractivity contribution in [2.24, 2.45) is 5.41 Å². The number of fused-ring (bicyclic) bond motifs is 1. The van der Waals surface area contributed by atoms with E-state index >= 15 is 0 Å². The molecule has 130 valence electrons. The highest BCUT2D eigenvalue weighted by Gasteiger charge is 2.51. The van der Waals surface area contributed by atoms with Gasteiger partial charge < -0.3 is 20.9 Å². The second-order valence-electron chi connectivity index (χ2n) is 6.81. The first kappa shape index (κ1) is 18.1. The molecule has 7 nitrogen and oxygen atoms in total. The molecule has 2 fully saturated rings. The van der Waals surface area contributed by atoms with E-state index in [1.807, 2.05) is 13.8 Å². The molecule has 0 saturated carbocycles. The Bertz CT molecular complexity index is 485. The van der Waals surface area contributed by atoms with Crippen LogP contribution >= 0.6 is 11.8 Å². The summed E-state index contributed by atoms with van der Waals surface area (Å²) in [5.74, 6) is 0.504. The Hall–Kier alpha value is -1.28. The van der Waals surface area contributed by atoms with Crippen LogP contribution in [0.25, 0.3) is 0 Å². The van der Waals surface area contributed by atoms with Crippen LogP contribution in [0.2, 0.25) is 0 Å². The van der Waals surface area contributed by atoms with Gasteiger partial charge >= 0.3 is 0 Å². The molecule has 0 aromatic rings. The van der Waals surface area contributed by atoms with Crippen molar-refractivity contribution >= 4 is 30.0 Å². The monoisotopic (exact) mass is 342 g/mol. The maximum atomic E-state index is 13.0. The van der Waals surface area contributed by atoms with Crippen molar-refractivity contribution < 1.29 is 14.4 Å². The number of carbonyl (C=O) groups excluding carboxylic acids is 3. The van der Waals surface area contributed by atoms with Gasteiger partial charge in [-0.1, -0.05) is 13.8 Å². The second kappa shape index (κ2) is 7.09. The minimum Gasteiger partial charge on any atom is -0.343 e. The van der Waals surface area contributed by atoms with Gasteiger partial charge in [-0.3, -0.25) is 14.4 Å². The molecule has 3 unspecified atom stereocenters. The molecular weight excluding hydrogens is 316 g/mol. The lowest BCUT2D eigenvalue weighted by Crippen LogP contribution is -2.57. The third-order valence-corrected chi connectivity index (χ3v) is 5.92. The summed E-state index contributed by atoms with van der Waals surface area (Å²) in [7, 11) is 1.71. The standard InChI is InChI=1S/C15H26N4O3S/c1-9(16-4)12(21)18-10-5-6-23-11-7-15(2,3)14(17-8-20)19(11)13(10)22/h8-11,14,16H,5-7H2,1-4H3,(H,17,20)(H,18,21)/t9-,10?,11?,14?/m0/s1. The van der Waals surface area contributed by atoms with Crippen LogP contribution in [0.4, 0.5) is 0 Å². The molecule has 0 aliphatic carbocycles. The van der Waals surface area contributed by atoms with E-state index in [1.165, 1.54) is 0 Å². The largest absolute Gasteiger partial charge is 0.343 e. The lowest BCUT2D eigenvalue weighted by Gasteiger charge is -2.34. The maximum Gasteiger partial charge on any atom is 0.247 e. The predicted octanol–water partition coefficient (Wildman–Crippen LogP) is -0.127. The van der Waals surface area contributed by atoms with Gasteiger partial charge in [0.15, 0.2) is 0 Å². The van der Waals surface area contributed by atoms with Crippen LogP contribution in [0.15, 0.2) is 0 Å². The van der Waals surface area contributed by atoms with Gasteiger partial charge in [0.2, 0.25) is 18.2 Å². The maximum absolute atomic E-state index is 13.0. The Morgan fingerprint density at radius 2 is 2.17 bits per heavy atom. The summed E-state index contributed by atoms with van der Waals surface area (Å²) in [6.07, 6.45) is 1.73. The summed E-state index contributed by atoms with van der Waals surface area (Å²) in [6.45, 7) is 5.85. The lowest BCUT2D eigenvalue weighted by molar-refractivity contribution is -0.139. The predicted molar refractivity (Wildman–Crippen MR) is 89.5 cm³/mol. The van der Waals surface area contributed by atoms with Gasteiger partial charge in [0.25, 0.3) is 0 Å². The molecule has 3 N–H and O–H groups in total. The first-order valence-electron chi connectivity index (χ1n) is 7.93. The Balaban J connectivity index is 2.19. The molecule has 2 heterocycles. The molecule has 8 heteroatoms. The minimum atomic E-state index is -0.541. The number of carbonyl (C=O) groups is 3. The van der Waals surface area contributed by atoms with Gasteiger partial charge in [0.05, 0.1) is 11.4 Å². The van der Waals surface area contributed by atoms with Gasteiger partial charge in [-0.05, 0) is 32.6 Å². The van der Waals surface area contributed by atoms with E-state index in [1.54, 1.807) is 30.6 Å². The number of thioether (sulfide) groups is 1. The van der Waals surface area contributed by atoms with Gasteiger partial charge in [0, 0.05) is 5.41 Å². The molecule has 0 aromatic heterocycles. The molecule has 2 aliphatic heterocycles. The Morgan fingerprint density at radius 1 is 1.48 bits per heavy atom. The van der Waals surface area contributed by atoms with Gasteiger partial charge in [-0.2, -0.15) is 0 Å². The van der Waals surface area contributed by atoms with E-state index in [2.05, 4.69) is 16.0 Å². The highest BCUT2D eigenvalue weighted by molar-refractivity contribution is 7.99. The van der Waals surface area contributed by atoms with Crippen LogP contribution in [0.1, 0.15) is 33.6 Å². The Morgan fingerprint density at radius 3 is 2.78 bits per heavy atom. The fourth-order valence-corrected chi connectivity index (χ4v) is 4.75. The molecular formula is C15H26N4O3S. The first-order valence-corrected chi connectivity index (χ1v) is 8.98. The van der Waals surface area contributed by atoms with Crippen LogP contribution in [0.5, 0.6) is 0 Å². The highest BCUT2D eigenvalue weighted by atomic mass is 32.2. The summed E-state index contributed by atoms with van der Waals surface area (Å²) in [5.41, 5.74) is -0.196. The fourth-order valence-electron chi connectivity index (χ4n) is 3.17. The normalized spacial score (nSPS) is 31.0. The van der Waals surface area contributed by atoms with E-state index in [0.29, 0.717) is 12.8 Å². The third-order valence-electron chi connectivity index (χ3n) is 4.67. The third kappa shape index (κ3) is 3.63. The topological polar surface area (TPSA) is 90.5 Å². The summed E-state index contributed by atoms with van der Waals surface area (Å²) < 4.78 is 0. The van der Waals surface area contributed by atoms with E-state index in [-0.39, 0.29) is 34.8 Å². The number of hydrogen-bond acceptors (Lipinski definition) is 5. The lowest BCUT2D eigenvalue weighted by atomic mass is 9.89. The van der Waals surface area contributed by atoms with Crippen molar-refractivity contribution in [2.45, 2.75) is 57.2 Å².